The summed E-state index contributed by atoms with van der Waals surface area (Å²) in [4.78, 5) is 50.3. The summed E-state index contributed by atoms with van der Waals surface area (Å²) < 4.78 is 32.9. The highest BCUT2D eigenvalue weighted by Gasteiger charge is 2.65. The molecule has 3 heterocycles. The highest BCUT2D eigenvalue weighted by atomic mass is 16.7. The van der Waals surface area contributed by atoms with E-state index in [1.807, 2.05) is 0 Å². The number of allylic oxidation sites excluding steroid dienone is 2. The predicted molar refractivity (Wildman–Crippen MR) is 109 cm³/mol. The third-order valence-corrected chi connectivity index (χ3v) is 6.61. The van der Waals surface area contributed by atoms with E-state index in [1.165, 1.54) is 13.2 Å². The lowest BCUT2D eigenvalue weighted by Gasteiger charge is -2.33. The first-order chi connectivity index (χ1) is 15.4. The van der Waals surface area contributed by atoms with E-state index >= 15 is 0 Å². The molecule has 0 bridgehead atoms. The zero-order valence-electron chi connectivity index (χ0n) is 19.0. The van der Waals surface area contributed by atoms with Crippen LogP contribution in [0.3, 0.4) is 0 Å². The number of hydrogen-bond acceptors (Lipinski definition) is 10. The Labute approximate surface area is 190 Å². The highest BCUT2D eigenvalue weighted by Crippen LogP contribution is 2.49. The molecule has 10 heteroatoms. The van der Waals surface area contributed by atoms with Crippen molar-refractivity contribution in [2.45, 2.75) is 69.4 Å². The van der Waals surface area contributed by atoms with E-state index in [0.29, 0.717) is 0 Å². The molecule has 0 spiro atoms. The second-order valence-electron chi connectivity index (χ2n) is 8.88. The van der Waals surface area contributed by atoms with Crippen LogP contribution in [0.4, 0.5) is 0 Å². The van der Waals surface area contributed by atoms with Gasteiger partial charge in [-0.25, -0.2) is 14.4 Å². The molecular weight excluding hydrogens is 436 g/mol. The van der Waals surface area contributed by atoms with Crippen molar-refractivity contribution in [2.24, 2.45) is 5.92 Å². The number of carbonyl (C=O) groups excluding carboxylic acids is 4. The maximum absolute atomic E-state index is 13.0. The number of epoxide rings is 2. The minimum absolute atomic E-state index is 0.0106. The van der Waals surface area contributed by atoms with Gasteiger partial charge in [0.25, 0.3) is 0 Å². The Kier molecular flexibility index (Phi) is 5.49. The first kappa shape index (κ1) is 23.2. The largest absolute Gasteiger partial charge is 0.466 e. The molecule has 0 unspecified atom stereocenters. The fourth-order valence-electron chi connectivity index (χ4n) is 4.35. The Morgan fingerprint density at radius 3 is 2.39 bits per heavy atom. The molecule has 3 saturated heterocycles. The monoisotopic (exact) mass is 462 g/mol. The highest BCUT2D eigenvalue weighted by molar-refractivity contribution is 5.93. The van der Waals surface area contributed by atoms with Gasteiger partial charge in [-0.3, -0.25) is 4.79 Å². The molecule has 8 atom stereocenters. The van der Waals surface area contributed by atoms with Gasteiger partial charge in [-0.15, -0.1) is 0 Å². The van der Waals surface area contributed by atoms with Crippen LogP contribution in [0.5, 0.6) is 0 Å². The lowest BCUT2D eigenvalue weighted by Crippen LogP contribution is -2.49. The molecule has 0 radical (unpaired) electrons. The van der Waals surface area contributed by atoms with Crippen LogP contribution in [0.15, 0.2) is 36.0 Å². The Morgan fingerprint density at radius 2 is 1.82 bits per heavy atom. The van der Waals surface area contributed by atoms with Gasteiger partial charge in [0.15, 0.2) is 17.8 Å². The number of ether oxygens (including phenoxy) is 6. The SMILES string of the molecule is C=C1C(=O)O[C@H]2[C@H]1[C@H](OC(=O)[C@@]1(C)O[C@@H]1C)[C@@H](OC(C)=O)/C(C(=O)OC)=C\C=C/[C@@]1(C)O[C@@H]21. The average Bonchev–Trinajstić information content (AvgIpc) is 3.57. The van der Waals surface area contributed by atoms with Gasteiger partial charge in [0.05, 0.1) is 24.7 Å². The Hall–Kier alpha value is -2.98. The van der Waals surface area contributed by atoms with E-state index in [-0.39, 0.29) is 11.1 Å². The van der Waals surface area contributed by atoms with Crippen LogP contribution >= 0.6 is 0 Å². The first-order valence-corrected chi connectivity index (χ1v) is 10.5. The number of hydrogen-bond donors (Lipinski definition) is 0. The summed E-state index contributed by atoms with van der Waals surface area (Å²) in [6.07, 6.45) is 0.0606. The lowest BCUT2D eigenvalue weighted by molar-refractivity contribution is -0.174. The molecule has 0 aromatic carbocycles. The van der Waals surface area contributed by atoms with E-state index in [1.54, 1.807) is 32.9 Å². The number of esters is 4. The van der Waals surface area contributed by atoms with E-state index in [0.717, 1.165) is 6.92 Å². The second kappa shape index (κ2) is 7.81. The normalized spacial score (nSPS) is 43.6. The minimum atomic E-state index is -1.41. The Balaban J connectivity index is 1.85. The van der Waals surface area contributed by atoms with E-state index in [9.17, 15) is 19.2 Å². The van der Waals surface area contributed by atoms with E-state index < -0.39 is 71.5 Å². The summed E-state index contributed by atoms with van der Waals surface area (Å²) in [5.41, 5.74) is -2.08. The van der Waals surface area contributed by atoms with Crippen LogP contribution in [0.2, 0.25) is 0 Å². The Morgan fingerprint density at radius 1 is 1.15 bits per heavy atom. The molecule has 178 valence electrons. The van der Waals surface area contributed by atoms with Gasteiger partial charge in [-0.2, -0.15) is 0 Å². The van der Waals surface area contributed by atoms with E-state index in [4.69, 9.17) is 28.4 Å². The topological polar surface area (TPSA) is 130 Å². The summed E-state index contributed by atoms with van der Waals surface area (Å²) in [6, 6.07) is 0. The number of rotatable bonds is 4. The van der Waals surface area contributed by atoms with Crippen molar-refractivity contribution in [2.75, 3.05) is 7.11 Å². The summed E-state index contributed by atoms with van der Waals surface area (Å²) in [5.74, 6) is -3.94. The average molecular weight is 462 g/mol. The second-order valence-corrected chi connectivity index (χ2v) is 8.88. The molecule has 0 N–H and O–H groups in total. The molecule has 33 heavy (non-hydrogen) atoms. The molecule has 4 aliphatic rings. The zero-order valence-corrected chi connectivity index (χ0v) is 19.0. The molecule has 0 aromatic heterocycles. The van der Waals surface area contributed by atoms with Crippen molar-refractivity contribution in [3.8, 4) is 0 Å². The van der Waals surface area contributed by atoms with Crippen molar-refractivity contribution >= 4 is 23.9 Å². The summed E-state index contributed by atoms with van der Waals surface area (Å²) >= 11 is 0. The molecule has 0 amide bonds. The van der Waals surface area contributed by atoms with Crippen LogP contribution in [0.25, 0.3) is 0 Å². The number of fused-ring (bicyclic) bond motifs is 3. The smallest absolute Gasteiger partial charge is 0.341 e. The van der Waals surface area contributed by atoms with Gasteiger partial charge in [-0.05, 0) is 26.8 Å². The van der Waals surface area contributed by atoms with Gasteiger partial charge in [0.1, 0.15) is 17.8 Å². The molecule has 4 rings (SSSR count). The summed E-state index contributed by atoms with van der Waals surface area (Å²) in [5, 5.41) is 0. The predicted octanol–water partition coefficient (Wildman–Crippen LogP) is 0.932. The van der Waals surface area contributed by atoms with Gasteiger partial charge in [0.2, 0.25) is 0 Å². The van der Waals surface area contributed by atoms with Gasteiger partial charge < -0.3 is 28.4 Å². The molecule has 0 aromatic rings. The van der Waals surface area contributed by atoms with Crippen molar-refractivity contribution < 1.29 is 47.6 Å². The van der Waals surface area contributed by atoms with Crippen LogP contribution in [-0.2, 0) is 47.6 Å². The van der Waals surface area contributed by atoms with Gasteiger partial charge >= 0.3 is 23.9 Å². The Bertz CT molecular complexity index is 995. The summed E-state index contributed by atoms with van der Waals surface area (Å²) in [6.45, 7) is 10.0. The fourth-order valence-corrected chi connectivity index (χ4v) is 4.35. The maximum atomic E-state index is 13.0. The molecule has 1 aliphatic carbocycles. The van der Waals surface area contributed by atoms with Crippen LogP contribution in [0, 0.1) is 5.92 Å². The first-order valence-electron chi connectivity index (χ1n) is 10.5. The van der Waals surface area contributed by atoms with Gasteiger partial charge in [-0.1, -0.05) is 18.7 Å². The molecule has 3 aliphatic heterocycles. The number of methoxy groups -OCH3 is 1. The van der Waals surface area contributed by atoms with Crippen molar-refractivity contribution in [3.05, 3.63) is 36.0 Å². The lowest BCUT2D eigenvalue weighted by atomic mass is 9.81. The van der Waals surface area contributed by atoms with Crippen LogP contribution < -0.4 is 0 Å². The molecule has 0 saturated carbocycles. The zero-order chi connectivity index (χ0) is 24.3. The minimum Gasteiger partial charge on any atom is -0.466 e. The molecule has 3 fully saturated rings. The molecular formula is C23H26O10. The van der Waals surface area contributed by atoms with Gasteiger partial charge in [0, 0.05) is 12.5 Å². The van der Waals surface area contributed by atoms with Crippen LogP contribution in [-0.4, -0.2) is 72.7 Å². The third kappa shape index (κ3) is 3.87. The fraction of sp³-hybridized carbons (Fsp3) is 0.565. The molecule has 10 nitrogen and oxygen atoms in total. The standard InChI is InChI=1S/C23H26O10/c1-10-14-16(31-21(27)23(5)11(2)32-23)15(29-12(3)24)13(20(26)28-6)8-7-9-22(4)18(33-22)17(14)30-19(10)25/h7-9,11,14-18H,1H2,2-6H3/b9-7-,13-8+/t11-,14-,15+,16+,17+,18+,22-,23+/m1/s1. The third-order valence-electron chi connectivity index (χ3n) is 6.61. The van der Waals surface area contributed by atoms with Crippen molar-refractivity contribution in [3.63, 3.8) is 0 Å². The maximum Gasteiger partial charge on any atom is 0.341 e. The van der Waals surface area contributed by atoms with Crippen molar-refractivity contribution in [1.29, 1.82) is 0 Å². The quantitative estimate of drug-likeness (QED) is 0.257. The van der Waals surface area contributed by atoms with Crippen LogP contribution in [0.1, 0.15) is 27.7 Å². The summed E-state index contributed by atoms with van der Waals surface area (Å²) in [7, 11) is 1.17. The number of carbonyl (C=O) groups is 4. The van der Waals surface area contributed by atoms with E-state index in [2.05, 4.69) is 6.58 Å². The van der Waals surface area contributed by atoms with Crippen molar-refractivity contribution in [1.82, 2.24) is 0 Å².